The number of aromatic nitrogens is 4. The normalized spacial score (nSPS) is 13.0. The number of nitrogens with zero attached hydrogens (tertiary/aromatic N) is 4. The van der Waals surface area contributed by atoms with Gasteiger partial charge in [0.1, 0.15) is 11.2 Å². The Morgan fingerprint density at radius 1 is 1.07 bits per heavy atom. The van der Waals surface area contributed by atoms with Gasteiger partial charge >= 0.3 is 0 Å². The minimum atomic E-state index is -0.416. The molecule has 8 heteroatoms. The molecule has 0 bridgehead atoms. The first-order valence-electron chi connectivity index (χ1n) is 9.43. The number of para-hydroxylation sites is 1. The standard InChI is InChI=1S/C22H16N6O2/c29-18(12-14-5-3-10-23-14)15-6-1-7-16-19(15)27-22(26-16)28-21(30)17-9-8-13-4-2-11-24-20(13)25-17/h1-4,6-11H,5,12H2,(H2,26,27,28,30). The Hall–Kier alpha value is -4.20. The van der Waals surface area contributed by atoms with Crippen LogP contribution < -0.4 is 5.32 Å². The highest BCUT2D eigenvalue weighted by atomic mass is 16.2. The van der Waals surface area contributed by atoms with E-state index in [1.54, 1.807) is 36.7 Å². The molecule has 0 unspecified atom stereocenters. The van der Waals surface area contributed by atoms with Crippen LogP contribution in [0.25, 0.3) is 22.1 Å². The summed E-state index contributed by atoms with van der Waals surface area (Å²) < 4.78 is 0. The molecule has 5 rings (SSSR count). The highest BCUT2D eigenvalue weighted by Crippen LogP contribution is 2.21. The van der Waals surface area contributed by atoms with Crippen molar-refractivity contribution in [3.05, 3.63) is 72.2 Å². The number of Topliss-reactive ketones (excluding diaryl/α,β-unsaturated/α-hetero) is 1. The Bertz CT molecular complexity index is 1370. The molecule has 0 saturated heterocycles. The van der Waals surface area contributed by atoms with Crippen LogP contribution in [0.3, 0.4) is 0 Å². The van der Waals surface area contributed by atoms with Crippen molar-refractivity contribution in [1.82, 2.24) is 19.9 Å². The number of carbonyl (C=O) groups is 2. The minimum absolute atomic E-state index is 0.0605. The number of aromatic amines is 1. The topological polar surface area (TPSA) is 113 Å². The number of hydrogen-bond donors (Lipinski definition) is 2. The molecule has 0 radical (unpaired) electrons. The predicted molar refractivity (Wildman–Crippen MR) is 114 cm³/mol. The first kappa shape index (κ1) is 17.9. The zero-order chi connectivity index (χ0) is 20.5. The number of pyridine rings is 2. The maximum atomic E-state index is 12.7. The second kappa shape index (κ2) is 7.32. The fourth-order valence-electron chi connectivity index (χ4n) is 3.37. The van der Waals surface area contributed by atoms with Crippen molar-refractivity contribution in [2.75, 3.05) is 5.32 Å². The first-order chi connectivity index (χ1) is 14.7. The molecule has 146 valence electrons. The van der Waals surface area contributed by atoms with Crippen molar-refractivity contribution < 1.29 is 9.59 Å². The number of amides is 1. The second-order valence-corrected chi connectivity index (χ2v) is 6.87. The van der Waals surface area contributed by atoms with Crippen molar-refractivity contribution in [3.8, 4) is 0 Å². The quantitative estimate of drug-likeness (QED) is 0.500. The number of aliphatic imine (C=N–C) groups is 1. The van der Waals surface area contributed by atoms with E-state index in [1.165, 1.54) is 0 Å². The number of fused-ring (bicyclic) bond motifs is 2. The average Bonchev–Trinajstić information content (AvgIpc) is 3.42. The summed E-state index contributed by atoms with van der Waals surface area (Å²) in [6, 6.07) is 12.4. The van der Waals surface area contributed by atoms with Crippen LogP contribution >= 0.6 is 0 Å². The van der Waals surface area contributed by atoms with Gasteiger partial charge in [-0.25, -0.2) is 15.0 Å². The first-order valence-corrected chi connectivity index (χ1v) is 9.43. The maximum Gasteiger partial charge on any atom is 0.276 e. The van der Waals surface area contributed by atoms with Crippen molar-refractivity contribution in [3.63, 3.8) is 0 Å². The van der Waals surface area contributed by atoms with Gasteiger partial charge in [0.2, 0.25) is 5.95 Å². The average molecular weight is 396 g/mol. The number of anilines is 1. The number of benzene rings is 1. The summed E-state index contributed by atoms with van der Waals surface area (Å²) in [6.45, 7) is 0. The largest absolute Gasteiger partial charge is 0.324 e. The monoisotopic (exact) mass is 396 g/mol. The van der Waals surface area contributed by atoms with Gasteiger partial charge in [0.05, 0.1) is 5.52 Å². The highest BCUT2D eigenvalue weighted by Gasteiger charge is 2.18. The van der Waals surface area contributed by atoms with Crippen LogP contribution in [-0.2, 0) is 0 Å². The molecule has 0 fully saturated rings. The fraction of sp³-hybridized carbons (Fsp3) is 0.0909. The fourth-order valence-corrected chi connectivity index (χ4v) is 3.37. The second-order valence-electron chi connectivity index (χ2n) is 6.87. The van der Waals surface area contributed by atoms with Crippen molar-refractivity contribution in [2.24, 2.45) is 4.99 Å². The third-order valence-electron chi connectivity index (χ3n) is 4.82. The Morgan fingerprint density at radius 2 is 2.00 bits per heavy atom. The third kappa shape index (κ3) is 3.35. The van der Waals surface area contributed by atoms with Crippen molar-refractivity contribution >= 4 is 45.4 Å². The van der Waals surface area contributed by atoms with Gasteiger partial charge < -0.3 is 4.98 Å². The van der Waals surface area contributed by atoms with Crippen LogP contribution in [0.1, 0.15) is 33.7 Å². The zero-order valence-electron chi connectivity index (χ0n) is 15.8. The van der Waals surface area contributed by atoms with E-state index in [0.29, 0.717) is 28.7 Å². The molecule has 1 aliphatic rings. The summed E-state index contributed by atoms with van der Waals surface area (Å²) in [5, 5.41) is 3.56. The number of imidazole rings is 1. The van der Waals surface area contributed by atoms with Gasteiger partial charge in [-0.05, 0) is 36.4 Å². The summed E-state index contributed by atoms with van der Waals surface area (Å²) in [7, 11) is 0. The number of nitrogens with one attached hydrogen (secondary N) is 2. The van der Waals surface area contributed by atoms with Crippen LogP contribution in [0.4, 0.5) is 5.95 Å². The molecule has 2 N–H and O–H groups in total. The Balaban J connectivity index is 1.40. The molecule has 0 atom stereocenters. The summed E-state index contributed by atoms with van der Waals surface area (Å²) >= 11 is 0. The summed E-state index contributed by atoms with van der Waals surface area (Å²) in [4.78, 5) is 45.5. The van der Waals surface area contributed by atoms with Crippen LogP contribution in [0, 0.1) is 0 Å². The number of H-pyrrole nitrogens is 1. The number of ketones is 1. The molecule has 0 aliphatic carbocycles. The Labute approximate surface area is 170 Å². The molecule has 30 heavy (non-hydrogen) atoms. The number of hydrogen-bond acceptors (Lipinski definition) is 6. The van der Waals surface area contributed by atoms with Gasteiger partial charge in [0.25, 0.3) is 5.91 Å². The van der Waals surface area contributed by atoms with Gasteiger partial charge in [-0.15, -0.1) is 0 Å². The molecule has 8 nitrogen and oxygen atoms in total. The summed E-state index contributed by atoms with van der Waals surface area (Å²) in [5.41, 5.74) is 3.22. The van der Waals surface area contributed by atoms with Gasteiger partial charge in [-0.1, -0.05) is 12.1 Å². The van der Waals surface area contributed by atoms with E-state index >= 15 is 0 Å². The lowest BCUT2D eigenvalue weighted by Crippen LogP contribution is -2.14. The number of rotatable bonds is 5. The molecular formula is C22H16N6O2. The summed E-state index contributed by atoms with van der Waals surface area (Å²) in [6.07, 6.45) is 6.19. The van der Waals surface area contributed by atoms with E-state index < -0.39 is 5.91 Å². The lowest BCUT2D eigenvalue weighted by atomic mass is 10.0. The SMILES string of the molecule is O=C(Nc1nc2c(C(=O)CC3=NC=CC3)cccc2[nH]1)c1ccc2cccnc2n1. The molecular weight excluding hydrogens is 380 g/mol. The molecule has 1 amide bonds. The molecule has 4 aromatic rings. The zero-order valence-corrected chi connectivity index (χ0v) is 15.8. The summed E-state index contributed by atoms with van der Waals surface area (Å²) in [5.74, 6) is -0.228. The molecule has 0 spiro atoms. The number of allylic oxidation sites excluding steroid dienone is 1. The predicted octanol–water partition coefficient (Wildman–Crippen LogP) is 3.69. The van der Waals surface area contributed by atoms with Gasteiger partial charge in [0.15, 0.2) is 11.4 Å². The third-order valence-corrected chi connectivity index (χ3v) is 4.82. The van der Waals surface area contributed by atoms with Gasteiger partial charge in [0, 0.05) is 41.9 Å². The molecule has 4 heterocycles. The van der Waals surface area contributed by atoms with E-state index in [0.717, 1.165) is 11.1 Å². The molecule has 1 aliphatic heterocycles. The maximum absolute atomic E-state index is 12.7. The van der Waals surface area contributed by atoms with E-state index in [-0.39, 0.29) is 23.8 Å². The molecule has 1 aromatic carbocycles. The Kier molecular flexibility index (Phi) is 4.36. The smallest absolute Gasteiger partial charge is 0.276 e. The van der Waals surface area contributed by atoms with Crippen molar-refractivity contribution in [1.29, 1.82) is 0 Å². The van der Waals surface area contributed by atoms with E-state index in [1.807, 2.05) is 24.3 Å². The Morgan fingerprint density at radius 3 is 2.87 bits per heavy atom. The number of carbonyl (C=O) groups excluding carboxylic acids is 2. The van der Waals surface area contributed by atoms with Gasteiger partial charge in [-0.3, -0.25) is 19.9 Å². The minimum Gasteiger partial charge on any atom is -0.324 e. The van der Waals surface area contributed by atoms with Crippen LogP contribution in [0.5, 0.6) is 0 Å². The lowest BCUT2D eigenvalue weighted by Gasteiger charge is -2.02. The highest BCUT2D eigenvalue weighted by molar-refractivity contribution is 6.15. The van der Waals surface area contributed by atoms with Crippen LogP contribution in [-0.4, -0.2) is 37.3 Å². The lowest BCUT2D eigenvalue weighted by molar-refractivity contribution is 0.0998. The van der Waals surface area contributed by atoms with Gasteiger partial charge in [-0.2, -0.15) is 0 Å². The van der Waals surface area contributed by atoms with Crippen LogP contribution in [0.15, 0.2) is 65.9 Å². The molecule has 0 saturated carbocycles. The van der Waals surface area contributed by atoms with Crippen LogP contribution in [0.2, 0.25) is 0 Å². The van der Waals surface area contributed by atoms with E-state index in [4.69, 9.17) is 0 Å². The molecule has 3 aromatic heterocycles. The van der Waals surface area contributed by atoms with E-state index in [9.17, 15) is 9.59 Å². The van der Waals surface area contributed by atoms with E-state index in [2.05, 4.69) is 30.2 Å². The van der Waals surface area contributed by atoms with Crippen molar-refractivity contribution in [2.45, 2.75) is 12.8 Å².